The van der Waals surface area contributed by atoms with E-state index in [4.69, 9.17) is 4.74 Å². The van der Waals surface area contributed by atoms with Crippen LogP contribution in [0.3, 0.4) is 0 Å². The predicted octanol–water partition coefficient (Wildman–Crippen LogP) is 2.43. The van der Waals surface area contributed by atoms with Crippen molar-refractivity contribution in [2.45, 2.75) is 39.2 Å². The first-order chi connectivity index (χ1) is 9.11. The SMILES string of the molecule is CCNC(CO)(COc1cc(C)ccc1C)C1CC1. The molecule has 0 radical (unpaired) electrons. The summed E-state index contributed by atoms with van der Waals surface area (Å²) in [5.41, 5.74) is 2.07. The molecule has 0 heterocycles. The molecule has 0 amide bonds. The van der Waals surface area contributed by atoms with Gasteiger partial charge in [-0.2, -0.15) is 0 Å². The zero-order chi connectivity index (χ0) is 13.9. The van der Waals surface area contributed by atoms with Crippen LogP contribution < -0.4 is 10.1 Å². The molecule has 1 aromatic carbocycles. The van der Waals surface area contributed by atoms with Gasteiger partial charge in [-0.25, -0.2) is 0 Å². The molecule has 2 N–H and O–H groups in total. The van der Waals surface area contributed by atoms with Gasteiger partial charge in [-0.05, 0) is 56.3 Å². The highest BCUT2D eigenvalue weighted by Gasteiger charge is 2.45. The number of aliphatic hydroxyl groups is 1. The fourth-order valence-electron chi connectivity index (χ4n) is 2.60. The summed E-state index contributed by atoms with van der Waals surface area (Å²) in [6.07, 6.45) is 2.37. The zero-order valence-electron chi connectivity index (χ0n) is 12.2. The van der Waals surface area contributed by atoms with Gasteiger partial charge in [0.2, 0.25) is 0 Å². The average molecular weight is 263 g/mol. The summed E-state index contributed by atoms with van der Waals surface area (Å²) in [4.78, 5) is 0. The Morgan fingerprint density at radius 3 is 2.68 bits per heavy atom. The van der Waals surface area contributed by atoms with Gasteiger partial charge in [-0.15, -0.1) is 0 Å². The van der Waals surface area contributed by atoms with Crippen LogP contribution in [0.5, 0.6) is 5.75 Å². The number of benzene rings is 1. The third-order valence-electron chi connectivity index (χ3n) is 4.00. The molecule has 0 bridgehead atoms. The predicted molar refractivity (Wildman–Crippen MR) is 77.6 cm³/mol. The standard InChI is InChI=1S/C16H25NO2/c1-4-17-16(10-18,14-7-8-14)11-19-15-9-12(2)5-6-13(15)3/h5-6,9,14,17-18H,4,7-8,10-11H2,1-3H3. The molecule has 0 spiro atoms. The quantitative estimate of drug-likeness (QED) is 0.794. The number of aliphatic hydroxyl groups excluding tert-OH is 1. The molecule has 3 heteroatoms. The van der Waals surface area contributed by atoms with Gasteiger partial charge in [-0.1, -0.05) is 19.1 Å². The van der Waals surface area contributed by atoms with E-state index in [1.165, 1.54) is 18.4 Å². The molecule has 1 aliphatic carbocycles. The lowest BCUT2D eigenvalue weighted by molar-refractivity contribution is 0.0861. The lowest BCUT2D eigenvalue weighted by Gasteiger charge is -2.33. The first-order valence-electron chi connectivity index (χ1n) is 7.17. The van der Waals surface area contributed by atoms with Crippen molar-refractivity contribution < 1.29 is 9.84 Å². The van der Waals surface area contributed by atoms with E-state index in [-0.39, 0.29) is 12.1 Å². The highest BCUT2D eigenvalue weighted by molar-refractivity contribution is 5.36. The summed E-state index contributed by atoms with van der Waals surface area (Å²) in [6.45, 7) is 7.72. The number of nitrogens with one attached hydrogen (secondary N) is 1. The summed E-state index contributed by atoms with van der Waals surface area (Å²) in [5, 5.41) is 13.2. The lowest BCUT2D eigenvalue weighted by atomic mass is 9.95. The van der Waals surface area contributed by atoms with Gasteiger partial charge in [0.15, 0.2) is 0 Å². The second-order valence-electron chi connectivity index (χ2n) is 5.68. The smallest absolute Gasteiger partial charge is 0.122 e. The van der Waals surface area contributed by atoms with Crippen molar-refractivity contribution in [2.24, 2.45) is 5.92 Å². The Morgan fingerprint density at radius 2 is 2.11 bits per heavy atom. The number of rotatable bonds is 7. The minimum atomic E-state index is -0.273. The molecule has 0 saturated heterocycles. The highest BCUT2D eigenvalue weighted by Crippen LogP contribution is 2.40. The third-order valence-corrected chi connectivity index (χ3v) is 4.00. The van der Waals surface area contributed by atoms with Gasteiger partial charge in [0.05, 0.1) is 12.1 Å². The molecular weight excluding hydrogens is 238 g/mol. The van der Waals surface area contributed by atoms with Crippen LogP contribution in [0.25, 0.3) is 0 Å². The number of hydrogen-bond acceptors (Lipinski definition) is 3. The second kappa shape index (κ2) is 5.93. The largest absolute Gasteiger partial charge is 0.491 e. The van der Waals surface area contributed by atoms with E-state index in [2.05, 4.69) is 44.3 Å². The average Bonchev–Trinajstić information content (AvgIpc) is 3.23. The Labute approximate surface area is 116 Å². The van der Waals surface area contributed by atoms with E-state index in [1.54, 1.807) is 0 Å². The van der Waals surface area contributed by atoms with Gasteiger partial charge in [-0.3, -0.25) is 0 Å². The van der Waals surface area contributed by atoms with Gasteiger partial charge < -0.3 is 15.2 Å². The van der Waals surface area contributed by atoms with Crippen molar-refractivity contribution in [3.63, 3.8) is 0 Å². The highest BCUT2D eigenvalue weighted by atomic mass is 16.5. The molecule has 1 saturated carbocycles. The summed E-state index contributed by atoms with van der Waals surface area (Å²) < 4.78 is 6.01. The molecule has 19 heavy (non-hydrogen) atoms. The summed E-state index contributed by atoms with van der Waals surface area (Å²) in [6, 6.07) is 6.23. The molecule has 1 aliphatic rings. The molecular formula is C16H25NO2. The van der Waals surface area contributed by atoms with Crippen LogP contribution in [0, 0.1) is 19.8 Å². The molecule has 1 fully saturated rings. The molecule has 106 valence electrons. The Morgan fingerprint density at radius 1 is 1.37 bits per heavy atom. The molecule has 1 aromatic rings. The van der Waals surface area contributed by atoms with Gasteiger partial charge in [0, 0.05) is 0 Å². The number of likely N-dealkylation sites (N-methyl/N-ethyl adjacent to an activating group) is 1. The molecule has 1 atom stereocenters. The molecule has 3 nitrogen and oxygen atoms in total. The fraction of sp³-hybridized carbons (Fsp3) is 0.625. The Kier molecular flexibility index (Phi) is 4.48. The van der Waals surface area contributed by atoms with Crippen molar-refractivity contribution in [3.05, 3.63) is 29.3 Å². The minimum Gasteiger partial charge on any atom is -0.491 e. The normalized spacial score (nSPS) is 18.1. The van der Waals surface area contributed by atoms with Crippen LogP contribution in [0.1, 0.15) is 30.9 Å². The van der Waals surface area contributed by atoms with E-state index in [0.717, 1.165) is 17.9 Å². The van der Waals surface area contributed by atoms with Crippen molar-refractivity contribution in [1.82, 2.24) is 5.32 Å². The molecule has 2 rings (SSSR count). The van der Waals surface area contributed by atoms with Crippen LogP contribution in [0.2, 0.25) is 0 Å². The maximum atomic E-state index is 9.78. The maximum absolute atomic E-state index is 9.78. The fourth-order valence-corrected chi connectivity index (χ4v) is 2.60. The van der Waals surface area contributed by atoms with E-state index < -0.39 is 0 Å². The summed E-state index contributed by atoms with van der Waals surface area (Å²) >= 11 is 0. The van der Waals surface area contributed by atoms with Crippen LogP contribution in [0.4, 0.5) is 0 Å². The van der Waals surface area contributed by atoms with Crippen LogP contribution in [-0.4, -0.2) is 30.4 Å². The summed E-state index contributed by atoms with van der Waals surface area (Å²) in [7, 11) is 0. The van der Waals surface area contributed by atoms with E-state index in [0.29, 0.717) is 12.5 Å². The minimum absolute atomic E-state index is 0.135. The van der Waals surface area contributed by atoms with E-state index in [9.17, 15) is 5.11 Å². The Hall–Kier alpha value is -1.06. The maximum Gasteiger partial charge on any atom is 0.122 e. The van der Waals surface area contributed by atoms with Gasteiger partial charge >= 0.3 is 0 Å². The molecule has 0 aliphatic heterocycles. The number of ether oxygens (including phenoxy) is 1. The van der Waals surface area contributed by atoms with Crippen LogP contribution in [-0.2, 0) is 0 Å². The Balaban J connectivity index is 2.07. The third kappa shape index (κ3) is 3.28. The zero-order valence-corrected chi connectivity index (χ0v) is 12.2. The van der Waals surface area contributed by atoms with Gasteiger partial charge in [0.25, 0.3) is 0 Å². The topological polar surface area (TPSA) is 41.5 Å². The Bertz CT molecular complexity index is 429. The molecule has 1 unspecified atom stereocenters. The van der Waals surface area contributed by atoms with Crippen molar-refractivity contribution in [1.29, 1.82) is 0 Å². The van der Waals surface area contributed by atoms with Crippen molar-refractivity contribution in [2.75, 3.05) is 19.8 Å². The number of aryl methyl sites for hydroxylation is 2. The molecule has 0 aromatic heterocycles. The monoisotopic (exact) mass is 263 g/mol. The van der Waals surface area contributed by atoms with Crippen LogP contribution in [0.15, 0.2) is 18.2 Å². The van der Waals surface area contributed by atoms with Crippen molar-refractivity contribution >= 4 is 0 Å². The number of hydrogen-bond donors (Lipinski definition) is 2. The summed E-state index contributed by atoms with van der Waals surface area (Å²) in [5.74, 6) is 1.47. The van der Waals surface area contributed by atoms with Crippen molar-refractivity contribution in [3.8, 4) is 5.75 Å². The second-order valence-corrected chi connectivity index (χ2v) is 5.68. The van der Waals surface area contributed by atoms with Crippen LogP contribution >= 0.6 is 0 Å². The van der Waals surface area contributed by atoms with Gasteiger partial charge in [0.1, 0.15) is 12.4 Å². The lowest BCUT2D eigenvalue weighted by Crippen LogP contribution is -2.55. The van der Waals surface area contributed by atoms with E-state index >= 15 is 0 Å². The first kappa shape index (κ1) is 14.4. The first-order valence-corrected chi connectivity index (χ1v) is 7.17. The van der Waals surface area contributed by atoms with E-state index in [1.807, 2.05) is 0 Å².